The second kappa shape index (κ2) is 57.6. The first kappa shape index (κ1) is 109. The standard InChI is InChI=1S/C15H18O7.C11H11NO3.C11H11NO2.C10H9NO2.C10H10O5.C8H7BrO3.C6H10O3.C2H6O.CH5N.B.BrH.2Na.H2O.H/c1-4-21-14(18)12(15(19)22-5-2)10-7-6-9(20-3)8-11(10)13(16)17;1-12-10(13)5-7-3-4-8(15-2)6-9(7)11(12)14;1-12-6-5-8-3-4-9(14-2)7-10(8)11(12)13;1-11-5-4-7-2-3-8(12)6-9(7)10(11)13;1-15-7-3-2-6(4-9(11)12)8(5-7)10(13)14;1-12-5-2-3-7(9)6(4-5)8(10)11;1-3-9-6(8)4-5(2)7;1-2-3;1-2;;;;;;/h6-8,12H,4-5H2,1-3H3,(H,16,17);3-4,6H,5H2,1-2H3;3-7H,1-2H3;2-6,12H,1H3;2-3,5H,4H2,1H3,(H,11,12)(H,13,14);2-4H,1H3,(H,10,11);3-4H2,1-2H3;3H,2H2,1H3;2H2,1H3;;1H;;;1H2;/q;;;;;;;;;;;2*+1;;-1/p-1. The van der Waals surface area contributed by atoms with Crippen molar-refractivity contribution in [1.29, 1.82) is 0 Å². The Kier molecular flexibility index (Phi) is 57.2. The van der Waals surface area contributed by atoms with E-state index in [-0.39, 0.29) is 193 Å². The molecule has 0 spiro atoms. The third-order valence-electron chi connectivity index (χ3n) is 13.8. The summed E-state index contributed by atoms with van der Waals surface area (Å²) in [6, 6.07) is 32.3. The van der Waals surface area contributed by atoms with Crippen LogP contribution in [0.1, 0.15) is 107 Å². The van der Waals surface area contributed by atoms with Gasteiger partial charge in [0, 0.05) is 58.6 Å². The number of aliphatic carboxylic acids is 1. The van der Waals surface area contributed by atoms with Gasteiger partial charge in [-0.1, -0.05) is 30.3 Å². The van der Waals surface area contributed by atoms with E-state index in [2.05, 4.69) is 26.4 Å². The number of nitrogens with zero attached hydrogens (tertiary/aromatic N) is 3. The molecule has 0 atom stereocenters. The van der Waals surface area contributed by atoms with Crippen LogP contribution in [-0.2, 0) is 69.9 Å². The number of carbonyl (C=O) groups excluding carboxylic acids is 6. The smallest absolute Gasteiger partial charge is 1.00 e. The van der Waals surface area contributed by atoms with Crippen LogP contribution < -0.4 is 99.7 Å². The van der Waals surface area contributed by atoms with Gasteiger partial charge >= 0.3 is 101 Å². The first-order valence-corrected chi connectivity index (χ1v) is 32.2. The van der Waals surface area contributed by atoms with Crippen LogP contribution in [-0.4, -0.2) is 194 Å². The number of benzene rings is 6. The normalized spacial score (nSPS) is 9.96. The Bertz CT molecular complexity index is 4430. The third kappa shape index (κ3) is 35.9. The molecule has 0 fully saturated rings. The molecule has 31 nitrogen and oxygen atoms in total. The Morgan fingerprint density at radius 3 is 1.37 bits per heavy atom. The number of aromatic hydroxyl groups is 1. The van der Waals surface area contributed by atoms with E-state index in [1.165, 1.54) is 95.4 Å². The van der Waals surface area contributed by atoms with Crippen LogP contribution in [0.4, 0.5) is 0 Å². The fourth-order valence-electron chi connectivity index (χ4n) is 8.69. The molecule has 6 aromatic carbocycles. The molecule has 8 aromatic rings. The predicted molar refractivity (Wildman–Crippen MR) is 409 cm³/mol. The maximum atomic E-state index is 12.0. The molecule has 2 amide bonds. The number of pyridine rings is 2. The Morgan fingerprint density at radius 2 is 0.936 bits per heavy atom. The molecule has 9 N–H and O–H groups in total. The summed E-state index contributed by atoms with van der Waals surface area (Å²) in [6.07, 6.45) is 3.33. The molecule has 0 saturated heterocycles. The number of esters is 3. The number of likely N-dealkylation sites (N-methyl/N-ethyl adjacent to an activating group) is 1. The minimum atomic E-state index is -1.45. The molecule has 587 valence electrons. The minimum Gasteiger partial charge on any atom is -1.00 e. The van der Waals surface area contributed by atoms with E-state index in [9.17, 15) is 67.7 Å². The van der Waals surface area contributed by atoms with Gasteiger partial charge in [-0.3, -0.25) is 48.1 Å². The largest absolute Gasteiger partial charge is 1.00 e. The van der Waals surface area contributed by atoms with Crippen molar-refractivity contribution in [3.63, 3.8) is 0 Å². The summed E-state index contributed by atoms with van der Waals surface area (Å²) in [6.45, 7) is 8.64. The molecular weight excluding hydrogens is 1590 g/mol. The van der Waals surface area contributed by atoms with Gasteiger partial charge in [0.25, 0.3) is 17.0 Å². The van der Waals surface area contributed by atoms with Crippen LogP contribution in [0.5, 0.6) is 34.5 Å². The number of amides is 2. The van der Waals surface area contributed by atoms with Gasteiger partial charge in [-0.2, -0.15) is 0 Å². The van der Waals surface area contributed by atoms with Crippen molar-refractivity contribution in [3.8, 4) is 34.5 Å². The van der Waals surface area contributed by atoms with Gasteiger partial charge in [0.15, 0.2) is 5.92 Å². The molecule has 0 saturated carbocycles. The molecule has 36 heteroatoms. The molecule has 2 aromatic heterocycles. The van der Waals surface area contributed by atoms with E-state index in [0.717, 1.165) is 21.2 Å². The number of fused-ring (bicyclic) bond motifs is 3. The first-order valence-electron chi connectivity index (χ1n) is 31.4. The number of ether oxygens (including phenoxy) is 8. The number of carbonyl (C=O) groups is 10. The maximum absolute atomic E-state index is 12.0. The molecule has 0 unspecified atom stereocenters. The summed E-state index contributed by atoms with van der Waals surface area (Å²) in [5.74, 6) is -5.98. The van der Waals surface area contributed by atoms with Crippen molar-refractivity contribution in [2.45, 2.75) is 59.8 Å². The number of halogens is 2. The van der Waals surface area contributed by atoms with Crippen molar-refractivity contribution in [1.82, 2.24) is 14.0 Å². The van der Waals surface area contributed by atoms with Crippen molar-refractivity contribution in [2.75, 3.05) is 76.1 Å². The number of phenolic OH excluding ortho intramolecular Hbond substituents is 1. The number of Topliss-reactive ketones (excluding diaryl/α,β-unsaturated/α-hetero) is 1. The van der Waals surface area contributed by atoms with Crippen LogP contribution in [0.15, 0.2) is 148 Å². The maximum Gasteiger partial charge on any atom is 1.00 e. The van der Waals surface area contributed by atoms with Crippen molar-refractivity contribution in [2.24, 2.45) is 19.8 Å². The predicted octanol–water partition coefficient (Wildman–Crippen LogP) is 2.66. The van der Waals surface area contributed by atoms with Crippen LogP contribution in [0.2, 0.25) is 0 Å². The average molecular weight is 1680 g/mol. The number of aromatic carboxylic acids is 3. The molecular formula is C74H90BBr2N4Na2O27. The molecule has 9 rings (SSSR count). The number of aryl methyl sites for hydroxylation is 2. The summed E-state index contributed by atoms with van der Waals surface area (Å²) < 4.78 is 42.6. The Labute approximate surface area is 701 Å². The molecule has 0 aliphatic carbocycles. The second-order valence-corrected chi connectivity index (χ2v) is 21.7. The quantitative estimate of drug-likeness (QED) is 0.0213. The number of carboxylic acids is 4. The minimum absolute atomic E-state index is 0. The number of hydrogen-bond donors (Lipinski definition) is 7. The number of aromatic nitrogens is 2. The van der Waals surface area contributed by atoms with Gasteiger partial charge in [-0.05, 0) is 176 Å². The third-order valence-corrected chi connectivity index (χ3v) is 14.5. The first-order chi connectivity index (χ1) is 49.8. The number of phenols is 1. The average Bonchev–Trinajstić information content (AvgIpc) is 0.813. The van der Waals surface area contributed by atoms with E-state index in [1.807, 2.05) is 24.3 Å². The van der Waals surface area contributed by atoms with Gasteiger partial charge in [-0.25, -0.2) is 14.4 Å². The number of methoxy groups -OCH3 is 5. The number of nitrogens with two attached hydrogens (primary N) is 1. The molecule has 110 heavy (non-hydrogen) atoms. The zero-order valence-electron chi connectivity index (χ0n) is 64.8. The van der Waals surface area contributed by atoms with E-state index >= 15 is 0 Å². The summed E-state index contributed by atoms with van der Waals surface area (Å²) in [7, 11) is 13.8. The van der Waals surface area contributed by atoms with Gasteiger partial charge < -0.3 is 90.3 Å². The fraction of sp³-hybridized carbons (Fsp3) is 0.297. The zero-order valence-corrected chi connectivity index (χ0v) is 71.1. The Hall–Kier alpha value is -9.46. The van der Waals surface area contributed by atoms with E-state index in [4.69, 9.17) is 53.6 Å². The van der Waals surface area contributed by atoms with E-state index in [0.29, 0.717) is 56.2 Å². The van der Waals surface area contributed by atoms with E-state index in [1.54, 1.807) is 122 Å². The number of hydrogen-bond acceptors (Lipinski definition) is 24. The topological polar surface area (TPSA) is 469 Å². The van der Waals surface area contributed by atoms with Gasteiger partial charge in [-0.15, -0.1) is 17.0 Å². The van der Waals surface area contributed by atoms with Crippen LogP contribution in [0, 0.1) is 0 Å². The molecule has 1 aliphatic rings. The monoisotopic (exact) mass is 1680 g/mol. The summed E-state index contributed by atoms with van der Waals surface area (Å²) in [5.41, 5.74) is 5.94. The van der Waals surface area contributed by atoms with Crippen molar-refractivity contribution in [3.05, 3.63) is 198 Å². The number of imide groups is 1. The van der Waals surface area contributed by atoms with Crippen LogP contribution in [0.25, 0.3) is 21.5 Å². The molecule has 3 heterocycles. The number of aliphatic hydroxyl groups is 1. The number of aliphatic hydroxyl groups excluding tert-OH is 1. The van der Waals surface area contributed by atoms with Crippen molar-refractivity contribution < 1.29 is 182 Å². The van der Waals surface area contributed by atoms with E-state index < -0.39 is 47.7 Å². The number of rotatable bonds is 18. The van der Waals surface area contributed by atoms with Gasteiger partial charge in [0.2, 0.25) is 5.91 Å². The zero-order chi connectivity index (χ0) is 79.8. The SMILES string of the molecule is Br.CCO.CCOC(=O)C(C(=O)OCC)c1ccc(OC)cc1C(=O)O.CCOC(=O)CC(C)=O.CN.COc1ccc(Br)c(C(=O)O)c1.COc1ccc(CC(=O)O)c(C(=O)O)c1.COc1ccc2c(c1)C(=O)N(C)C(=O)C2.COc1ccc2ccn(C)c(=O)c2c1.Cn1ccc2ccc(O)cc2c1=O.[B].[H-].[Na+].[Na+].[OH-]. The number of ketones is 1. The Balaban J connectivity index is -0.000000287. The van der Waals surface area contributed by atoms with Crippen molar-refractivity contribution >= 4 is 122 Å². The summed E-state index contributed by atoms with van der Waals surface area (Å²) in [4.78, 5) is 136. The number of carboxylic acid groups (broad SMARTS) is 4. The second-order valence-electron chi connectivity index (χ2n) is 20.9. The van der Waals surface area contributed by atoms with Gasteiger partial charge in [0.1, 0.15) is 46.7 Å². The summed E-state index contributed by atoms with van der Waals surface area (Å²) >= 11 is 3.12. The fourth-order valence-corrected chi connectivity index (χ4v) is 9.10. The van der Waals surface area contributed by atoms with Gasteiger partial charge in [0.05, 0.1) is 95.7 Å². The summed E-state index contributed by atoms with van der Waals surface area (Å²) in [5, 5.41) is 55.2. The van der Waals surface area contributed by atoms with Crippen LogP contribution >= 0.6 is 32.9 Å². The molecule has 1 aliphatic heterocycles. The van der Waals surface area contributed by atoms with Crippen LogP contribution in [0.3, 0.4) is 0 Å². The Morgan fingerprint density at radius 1 is 0.545 bits per heavy atom. The molecule has 0 bridgehead atoms. The molecule has 3 radical (unpaired) electrons.